The molecule has 1 aliphatic heterocycles. The number of amides is 2. The zero-order valence-corrected chi connectivity index (χ0v) is 11.5. The summed E-state index contributed by atoms with van der Waals surface area (Å²) in [5, 5.41) is 6.08. The fourth-order valence-corrected chi connectivity index (χ4v) is 1.98. The van der Waals surface area contributed by atoms with Gasteiger partial charge in [-0.3, -0.25) is 0 Å². The van der Waals surface area contributed by atoms with Gasteiger partial charge in [-0.05, 0) is 38.1 Å². The van der Waals surface area contributed by atoms with Crippen molar-refractivity contribution in [2.24, 2.45) is 0 Å². The fourth-order valence-electron chi connectivity index (χ4n) is 1.98. The molecule has 0 spiro atoms. The van der Waals surface area contributed by atoms with E-state index in [1.807, 2.05) is 43.0 Å². The van der Waals surface area contributed by atoms with Crippen LogP contribution in [0.4, 0.5) is 10.5 Å². The summed E-state index contributed by atoms with van der Waals surface area (Å²) in [6.45, 7) is 7.02. The summed E-state index contributed by atoms with van der Waals surface area (Å²) in [6.07, 6.45) is 0.187. The smallest absolute Gasteiger partial charge is 0.317 e. The summed E-state index contributed by atoms with van der Waals surface area (Å²) >= 11 is 0. The monoisotopic (exact) mass is 263 g/mol. The summed E-state index contributed by atoms with van der Waals surface area (Å²) in [7, 11) is 0. The number of hydrogen-bond acceptors (Lipinski definition) is 3. The lowest BCUT2D eigenvalue weighted by atomic mass is 10.3. The van der Waals surface area contributed by atoms with Crippen LogP contribution in [0.5, 0.6) is 5.75 Å². The molecule has 19 heavy (non-hydrogen) atoms. The number of ether oxygens (including phenoxy) is 1. The average molecular weight is 263 g/mol. The van der Waals surface area contributed by atoms with Crippen molar-refractivity contribution in [3.8, 4) is 5.75 Å². The number of hydrogen-bond donors (Lipinski definition) is 2. The molecule has 0 radical (unpaired) electrons. The number of urea groups is 1. The highest BCUT2D eigenvalue weighted by atomic mass is 16.5. The minimum atomic E-state index is 0.0301. The number of carbonyl (C=O) groups excluding carboxylic acids is 1. The van der Waals surface area contributed by atoms with Crippen LogP contribution in [0.15, 0.2) is 24.3 Å². The zero-order chi connectivity index (χ0) is 13.7. The molecule has 1 aromatic carbocycles. The molecule has 0 atom stereocenters. The van der Waals surface area contributed by atoms with Gasteiger partial charge in [0.25, 0.3) is 0 Å². The molecule has 104 valence electrons. The number of rotatable bonds is 6. The molecule has 0 aromatic heterocycles. The molecule has 5 heteroatoms. The van der Waals surface area contributed by atoms with E-state index in [4.69, 9.17) is 4.74 Å². The van der Waals surface area contributed by atoms with Crippen LogP contribution in [0.2, 0.25) is 0 Å². The number of anilines is 1. The van der Waals surface area contributed by atoms with E-state index < -0.39 is 0 Å². The van der Waals surface area contributed by atoms with Crippen LogP contribution in [0.1, 0.15) is 13.8 Å². The van der Waals surface area contributed by atoms with Crippen molar-refractivity contribution in [3.63, 3.8) is 0 Å². The highest BCUT2D eigenvalue weighted by molar-refractivity contribution is 5.76. The van der Waals surface area contributed by atoms with Crippen molar-refractivity contribution in [2.75, 3.05) is 31.5 Å². The molecule has 2 N–H and O–H groups in total. The second kappa shape index (κ2) is 6.31. The quantitative estimate of drug-likeness (QED) is 0.824. The highest BCUT2D eigenvalue weighted by Crippen LogP contribution is 2.16. The predicted molar refractivity (Wildman–Crippen MR) is 75.7 cm³/mol. The van der Waals surface area contributed by atoms with E-state index in [-0.39, 0.29) is 12.1 Å². The Morgan fingerprint density at radius 1 is 1.37 bits per heavy atom. The minimum Gasteiger partial charge on any atom is -0.491 e. The summed E-state index contributed by atoms with van der Waals surface area (Å²) in [5.41, 5.74) is 1.04. The number of carbonyl (C=O) groups is 1. The molecule has 0 saturated carbocycles. The Kier molecular flexibility index (Phi) is 4.49. The third-order valence-electron chi connectivity index (χ3n) is 2.88. The lowest BCUT2D eigenvalue weighted by molar-refractivity contribution is 0.219. The molecule has 0 unspecified atom stereocenters. The van der Waals surface area contributed by atoms with Crippen molar-refractivity contribution in [1.82, 2.24) is 10.2 Å². The van der Waals surface area contributed by atoms with E-state index in [9.17, 15) is 4.79 Å². The van der Waals surface area contributed by atoms with Gasteiger partial charge in [0.1, 0.15) is 5.75 Å². The maximum atomic E-state index is 11.3. The van der Waals surface area contributed by atoms with Gasteiger partial charge in [-0.25, -0.2) is 4.79 Å². The van der Waals surface area contributed by atoms with E-state index >= 15 is 0 Å². The lowest BCUT2D eigenvalue weighted by Gasteiger charge is -2.15. The van der Waals surface area contributed by atoms with Crippen LogP contribution < -0.4 is 15.4 Å². The first-order chi connectivity index (χ1) is 9.15. The van der Waals surface area contributed by atoms with Crippen molar-refractivity contribution < 1.29 is 9.53 Å². The summed E-state index contributed by atoms with van der Waals surface area (Å²) in [5.74, 6) is 0.875. The molecule has 1 saturated heterocycles. The van der Waals surface area contributed by atoms with Crippen LogP contribution in [-0.4, -0.2) is 43.2 Å². The number of nitrogens with zero attached hydrogens (tertiary/aromatic N) is 1. The lowest BCUT2D eigenvalue weighted by Crippen LogP contribution is -2.32. The second-order valence-electron chi connectivity index (χ2n) is 4.84. The first-order valence-electron chi connectivity index (χ1n) is 6.68. The fraction of sp³-hybridized carbons (Fsp3) is 0.500. The van der Waals surface area contributed by atoms with E-state index in [1.54, 1.807) is 0 Å². The van der Waals surface area contributed by atoms with Crippen LogP contribution in [0.25, 0.3) is 0 Å². The SMILES string of the molecule is CC(C)Oc1ccc(NCCN2CCNC2=O)cc1. The highest BCUT2D eigenvalue weighted by Gasteiger charge is 2.18. The molecule has 1 heterocycles. The molecular formula is C14H21N3O2. The van der Waals surface area contributed by atoms with Crippen molar-refractivity contribution in [3.05, 3.63) is 24.3 Å². The van der Waals surface area contributed by atoms with Crippen molar-refractivity contribution in [2.45, 2.75) is 20.0 Å². The molecule has 1 aliphatic rings. The van der Waals surface area contributed by atoms with Gasteiger partial charge in [-0.1, -0.05) is 0 Å². The van der Waals surface area contributed by atoms with E-state index in [2.05, 4.69) is 10.6 Å². The first-order valence-corrected chi connectivity index (χ1v) is 6.68. The Labute approximate surface area is 113 Å². The molecule has 0 aliphatic carbocycles. The summed E-state index contributed by atoms with van der Waals surface area (Å²) in [4.78, 5) is 13.1. The van der Waals surface area contributed by atoms with Crippen LogP contribution in [-0.2, 0) is 0 Å². The largest absolute Gasteiger partial charge is 0.491 e. The van der Waals surface area contributed by atoms with Gasteiger partial charge in [-0.2, -0.15) is 0 Å². The Balaban J connectivity index is 1.75. The van der Waals surface area contributed by atoms with Crippen molar-refractivity contribution in [1.29, 1.82) is 0 Å². The van der Waals surface area contributed by atoms with E-state index in [0.717, 1.165) is 37.6 Å². The van der Waals surface area contributed by atoms with Gasteiger partial charge in [-0.15, -0.1) is 0 Å². The summed E-state index contributed by atoms with van der Waals surface area (Å²) < 4.78 is 5.58. The minimum absolute atomic E-state index is 0.0301. The second-order valence-corrected chi connectivity index (χ2v) is 4.84. The molecule has 0 bridgehead atoms. The molecule has 2 amide bonds. The topological polar surface area (TPSA) is 53.6 Å². The Hall–Kier alpha value is -1.91. The normalized spacial score (nSPS) is 14.7. The number of nitrogens with one attached hydrogen (secondary N) is 2. The maximum absolute atomic E-state index is 11.3. The van der Waals surface area contributed by atoms with Gasteiger partial charge < -0.3 is 20.3 Å². The third kappa shape index (κ3) is 4.05. The molecule has 5 nitrogen and oxygen atoms in total. The average Bonchev–Trinajstić information content (AvgIpc) is 2.77. The van der Waals surface area contributed by atoms with Gasteiger partial charge in [0.05, 0.1) is 6.10 Å². The number of benzene rings is 1. The molecular weight excluding hydrogens is 242 g/mol. The summed E-state index contributed by atoms with van der Waals surface area (Å²) in [6, 6.07) is 7.90. The standard InChI is InChI=1S/C14H21N3O2/c1-11(2)19-13-5-3-12(4-6-13)15-7-9-17-10-8-16-14(17)18/h3-6,11,15H,7-10H2,1-2H3,(H,16,18). The Bertz CT molecular complexity index is 417. The van der Waals surface area contributed by atoms with Crippen LogP contribution >= 0.6 is 0 Å². The maximum Gasteiger partial charge on any atom is 0.317 e. The molecule has 1 fully saturated rings. The Morgan fingerprint density at radius 3 is 2.68 bits per heavy atom. The van der Waals surface area contributed by atoms with Gasteiger partial charge >= 0.3 is 6.03 Å². The molecule has 2 rings (SSSR count). The molecule has 1 aromatic rings. The third-order valence-corrected chi connectivity index (χ3v) is 2.88. The predicted octanol–water partition coefficient (Wildman–Crippen LogP) is 1.91. The van der Waals surface area contributed by atoms with E-state index in [1.165, 1.54) is 0 Å². The van der Waals surface area contributed by atoms with Crippen LogP contribution in [0.3, 0.4) is 0 Å². The van der Waals surface area contributed by atoms with E-state index in [0.29, 0.717) is 0 Å². The zero-order valence-electron chi connectivity index (χ0n) is 11.5. The van der Waals surface area contributed by atoms with Gasteiger partial charge in [0.15, 0.2) is 0 Å². The van der Waals surface area contributed by atoms with Gasteiger partial charge in [0, 0.05) is 31.9 Å². The Morgan fingerprint density at radius 2 is 2.11 bits per heavy atom. The first kappa shape index (κ1) is 13.5. The van der Waals surface area contributed by atoms with Crippen molar-refractivity contribution >= 4 is 11.7 Å². The van der Waals surface area contributed by atoms with Gasteiger partial charge in [0.2, 0.25) is 0 Å². The van der Waals surface area contributed by atoms with Crippen LogP contribution in [0, 0.1) is 0 Å².